The Labute approximate surface area is 119 Å². The van der Waals surface area contributed by atoms with Gasteiger partial charge in [0, 0.05) is 24.7 Å². The largest absolute Gasteiger partial charge is 0.389 e. The van der Waals surface area contributed by atoms with Gasteiger partial charge < -0.3 is 9.63 Å². The summed E-state index contributed by atoms with van der Waals surface area (Å²) in [6.07, 6.45) is 0.811. The molecule has 2 aromatic rings. The molecule has 3 rings (SSSR count). The zero-order valence-electron chi connectivity index (χ0n) is 12.0. The molecule has 0 bridgehead atoms. The predicted molar refractivity (Wildman–Crippen MR) is 77.2 cm³/mol. The van der Waals surface area contributed by atoms with Gasteiger partial charge in [0.05, 0.1) is 12.1 Å². The maximum Gasteiger partial charge on any atom is 0.151 e. The molecule has 4 heteroatoms. The number of aromatic nitrogens is 1. The summed E-state index contributed by atoms with van der Waals surface area (Å²) in [5.41, 5.74) is 2.60. The minimum absolute atomic E-state index is 0.570. The molecule has 1 aromatic heterocycles. The van der Waals surface area contributed by atoms with Crippen molar-refractivity contribution in [3.05, 3.63) is 41.7 Å². The van der Waals surface area contributed by atoms with Crippen molar-refractivity contribution < 1.29 is 9.63 Å². The van der Waals surface area contributed by atoms with E-state index in [0.717, 1.165) is 30.0 Å². The third kappa shape index (κ3) is 2.92. The molecule has 1 aliphatic rings. The molecule has 20 heavy (non-hydrogen) atoms. The predicted octanol–water partition coefficient (Wildman–Crippen LogP) is 2.61. The van der Waals surface area contributed by atoms with Crippen LogP contribution in [0.25, 0.3) is 11.3 Å². The van der Waals surface area contributed by atoms with E-state index in [1.54, 1.807) is 0 Å². The van der Waals surface area contributed by atoms with E-state index in [0.29, 0.717) is 13.1 Å². The second-order valence-electron chi connectivity index (χ2n) is 6.00. The van der Waals surface area contributed by atoms with Crippen LogP contribution in [0.3, 0.4) is 0 Å². The number of hydrogen-bond acceptors (Lipinski definition) is 4. The van der Waals surface area contributed by atoms with Gasteiger partial charge in [-0.3, -0.25) is 4.90 Å². The van der Waals surface area contributed by atoms with E-state index in [1.165, 1.54) is 5.56 Å². The smallest absolute Gasteiger partial charge is 0.151 e. The van der Waals surface area contributed by atoms with Gasteiger partial charge in [-0.05, 0) is 20.3 Å². The van der Waals surface area contributed by atoms with E-state index in [9.17, 15) is 5.11 Å². The Hall–Kier alpha value is -1.65. The second kappa shape index (κ2) is 5.04. The normalized spacial score (nSPS) is 23.4. The Morgan fingerprint density at radius 1 is 1.35 bits per heavy atom. The number of β-amino-alcohol motifs (C(OH)–C–C–N with tert-alkyl or cyclic N) is 1. The summed E-state index contributed by atoms with van der Waals surface area (Å²) in [5.74, 6) is 0.846. The highest BCUT2D eigenvalue weighted by atomic mass is 16.5. The fourth-order valence-corrected chi connectivity index (χ4v) is 2.64. The highest BCUT2D eigenvalue weighted by Crippen LogP contribution is 2.24. The maximum atomic E-state index is 9.96. The monoisotopic (exact) mass is 272 g/mol. The number of likely N-dealkylation sites (tertiary alicyclic amines) is 1. The first-order valence-corrected chi connectivity index (χ1v) is 6.99. The van der Waals surface area contributed by atoms with Crippen molar-refractivity contribution >= 4 is 0 Å². The average Bonchev–Trinajstić information content (AvgIpc) is 2.98. The number of aryl methyl sites for hydroxylation is 1. The van der Waals surface area contributed by atoms with Crippen molar-refractivity contribution in [3.8, 4) is 11.3 Å². The van der Waals surface area contributed by atoms with Gasteiger partial charge >= 0.3 is 0 Å². The lowest BCUT2D eigenvalue weighted by Gasteiger charge is -2.17. The van der Waals surface area contributed by atoms with Crippen LogP contribution in [0.1, 0.15) is 24.7 Å². The summed E-state index contributed by atoms with van der Waals surface area (Å²) in [5, 5.41) is 14.1. The Morgan fingerprint density at radius 3 is 2.75 bits per heavy atom. The van der Waals surface area contributed by atoms with Gasteiger partial charge in [0.25, 0.3) is 0 Å². The summed E-state index contributed by atoms with van der Waals surface area (Å²) in [7, 11) is 0. The first-order valence-electron chi connectivity index (χ1n) is 6.99. The molecule has 1 aliphatic heterocycles. The van der Waals surface area contributed by atoms with Crippen LogP contribution < -0.4 is 0 Å². The topological polar surface area (TPSA) is 49.5 Å². The third-order valence-corrected chi connectivity index (χ3v) is 3.82. The summed E-state index contributed by atoms with van der Waals surface area (Å²) in [4.78, 5) is 2.19. The van der Waals surface area contributed by atoms with Gasteiger partial charge in [0.15, 0.2) is 5.76 Å². The van der Waals surface area contributed by atoms with Crippen molar-refractivity contribution in [2.45, 2.75) is 32.4 Å². The molecule has 4 nitrogen and oxygen atoms in total. The second-order valence-corrected chi connectivity index (χ2v) is 6.00. The molecule has 0 aliphatic carbocycles. The summed E-state index contributed by atoms with van der Waals surface area (Å²) >= 11 is 0. The molecule has 1 aromatic carbocycles. The maximum absolute atomic E-state index is 9.96. The molecular formula is C16H20N2O2. The van der Waals surface area contributed by atoms with Crippen LogP contribution >= 0.6 is 0 Å². The summed E-state index contributed by atoms with van der Waals surface area (Å²) < 4.78 is 5.41. The van der Waals surface area contributed by atoms with Crippen LogP contribution in [0.5, 0.6) is 0 Å². The first kappa shape index (κ1) is 13.3. The molecule has 106 valence electrons. The number of nitrogens with zero attached hydrogens (tertiary/aromatic N) is 2. The quantitative estimate of drug-likeness (QED) is 0.933. The molecule has 0 saturated carbocycles. The fraction of sp³-hybridized carbons (Fsp3) is 0.438. The van der Waals surface area contributed by atoms with E-state index in [2.05, 4.69) is 41.2 Å². The van der Waals surface area contributed by atoms with Gasteiger partial charge in [-0.15, -0.1) is 0 Å². The van der Waals surface area contributed by atoms with E-state index in [-0.39, 0.29) is 0 Å². The summed E-state index contributed by atoms with van der Waals surface area (Å²) in [6.45, 7) is 6.23. The Morgan fingerprint density at radius 2 is 2.10 bits per heavy atom. The lowest BCUT2D eigenvalue weighted by atomic mass is 10.1. The molecule has 0 amide bonds. The molecule has 1 N–H and O–H groups in total. The van der Waals surface area contributed by atoms with Crippen LogP contribution in [-0.4, -0.2) is 33.9 Å². The molecule has 0 spiro atoms. The van der Waals surface area contributed by atoms with Crippen LogP contribution in [-0.2, 0) is 6.54 Å². The fourth-order valence-electron chi connectivity index (χ4n) is 2.64. The third-order valence-electron chi connectivity index (χ3n) is 3.82. The van der Waals surface area contributed by atoms with Crippen molar-refractivity contribution in [3.63, 3.8) is 0 Å². The lowest BCUT2D eigenvalue weighted by Crippen LogP contribution is -2.29. The van der Waals surface area contributed by atoms with E-state index in [1.807, 2.05) is 13.0 Å². The molecule has 1 unspecified atom stereocenters. The molecule has 1 fully saturated rings. The molecule has 1 saturated heterocycles. The van der Waals surface area contributed by atoms with E-state index in [4.69, 9.17) is 4.52 Å². The minimum atomic E-state index is -0.570. The zero-order chi connectivity index (χ0) is 14.2. The molecule has 0 radical (unpaired) electrons. The number of aliphatic hydroxyl groups is 1. The highest BCUT2D eigenvalue weighted by Gasteiger charge is 2.31. The summed E-state index contributed by atoms with van der Waals surface area (Å²) in [6, 6.07) is 10.2. The Balaban J connectivity index is 1.70. The minimum Gasteiger partial charge on any atom is -0.389 e. The van der Waals surface area contributed by atoms with Gasteiger partial charge in [-0.2, -0.15) is 0 Å². The van der Waals surface area contributed by atoms with Crippen molar-refractivity contribution in [2.75, 3.05) is 13.1 Å². The van der Waals surface area contributed by atoms with Crippen molar-refractivity contribution in [1.82, 2.24) is 10.1 Å². The molecule has 2 heterocycles. The van der Waals surface area contributed by atoms with Gasteiger partial charge in [0.1, 0.15) is 5.69 Å². The number of hydrogen-bond donors (Lipinski definition) is 1. The van der Waals surface area contributed by atoms with Crippen molar-refractivity contribution in [1.29, 1.82) is 0 Å². The van der Waals surface area contributed by atoms with E-state index >= 15 is 0 Å². The number of benzene rings is 1. The molecular weight excluding hydrogens is 252 g/mol. The van der Waals surface area contributed by atoms with Crippen LogP contribution in [0.4, 0.5) is 0 Å². The average molecular weight is 272 g/mol. The van der Waals surface area contributed by atoms with Gasteiger partial charge in [0.2, 0.25) is 0 Å². The van der Waals surface area contributed by atoms with Gasteiger partial charge in [-0.25, -0.2) is 0 Å². The molecule has 1 atom stereocenters. The van der Waals surface area contributed by atoms with Crippen LogP contribution in [0, 0.1) is 6.92 Å². The first-order chi connectivity index (χ1) is 9.52. The zero-order valence-corrected chi connectivity index (χ0v) is 12.0. The van der Waals surface area contributed by atoms with Gasteiger partial charge in [-0.1, -0.05) is 35.0 Å². The Bertz CT molecular complexity index is 587. The highest BCUT2D eigenvalue weighted by molar-refractivity contribution is 5.59. The number of rotatable bonds is 3. The standard InChI is InChI=1S/C16H20N2O2/c1-12-3-5-13(6-4-12)15-9-14(20-17-15)10-18-8-7-16(2,19)11-18/h3-6,9,19H,7-8,10-11H2,1-2H3. The Kier molecular flexibility index (Phi) is 3.36. The van der Waals surface area contributed by atoms with E-state index < -0.39 is 5.60 Å². The van der Waals surface area contributed by atoms with Crippen LogP contribution in [0.2, 0.25) is 0 Å². The lowest BCUT2D eigenvalue weighted by molar-refractivity contribution is 0.0667. The van der Waals surface area contributed by atoms with Crippen LogP contribution in [0.15, 0.2) is 34.9 Å². The SMILES string of the molecule is Cc1ccc(-c2cc(CN3CCC(C)(O)C3)on2)cc1. The van der Waals surface area contributed by atoms with Crippen molar-refractivity contribution in [2.24, 2.45) is 0 Å².